The third kappa shape index (κ3) is 7.59. The van der Waals surface area contributed by atoms with Gasteiger partial charge >= 0.3 is 5.97 Å². The quantitative estimate of drug-likeness (QED) is 0.298. The number of aliphatic hydroxyl groups excluding tert-OH is 1. The van der Waals surface area contributed by atoms with E-state index in [-0.39, 0.29) is 12.3 Å². The molecule has 0 spiro atoms. The number of hydrogen-bond acceptors (Lipinski definition) is 4. The lowest BCUT2D eigenvalue weighted by Crippen LogP contribution is -2.16. The van der Waals surface area contributed by atoms with Crippen molar-refractivity contribution in [3.63, 3.8) is 0 Å². The van der Waals surface area contributed by atoms with Crippen LogP contribution < -0.4 is 9.47 Å². The van der Waals surface area contributed by atoms with Gasteiger partial charge in [-0.25, -0.2) is 0 Å². The highest BCUT2D eigenvalue weighted by Crippen LogP contribution is 2.36. The fourth-order valence-corrected chi connectivity index (χ4v) is 4.57. The van der Waals surface area contributed by atoms with Crippen molar-refractivity contribution >= 4 is 5.97 Å². The van der Waals surface area contributed by atoms with Crippen molar-refractivity contribution in [3.8, 4) is 11.5 Å². The highest BCUT2D eigenvalue weighted by molar-refractivity contribution is 5.70. The van der Waals surface area contributed by atoms with E-state index >= 15 is 0 Å². The Balaban J connectivity index is 1.77. The Kier molecular flexibility index (Phi) is 9.74. The average molecular weight is 477 g/mol. The van der Waals surface area contributed by atoms with Gasteiger partial charge in [0, 0.05) is 5.56 Å². The zero-order valence-corrected chi connectivity index (χ0v) is 20.9. The molecule has 0 fully saturated rings. The van der Waals surface area contributed by atoms with Crippen molar-refractivity contribution in [2.24, 2.45) is 5.92 Å². The van der Waals surface area contributed by atoms with Crippen LogP contribution >= 0.6 is 0 Å². The number of methoxy groups -OCH3 is 2. The number of ether oxygens (including phenoxy) is 2. The summed E-state index contributed by atoms with van der Waals surface area (Å²) in [6, 6.07) is 21.9. The molecule has 0 radical (unpaired) electrons. The summed E-state index contributed by atoms with van der Waals surface area (Å²) in [6.07, 6.45) is 3.93. The van der Waals surface area contributed by atoms with Gasteiger partial charge in [-0.15, -0.1) is 0 Å². The Labute approximate surface area is 208 Å². The van der Waals surface area contributed by atoms with Gasteiger partial charge in [0.15, 0.2) is 0 Å². The highest BCUT2D eigenvalue weighted by Gasteiger charge is 2.23. The molecule has 0 bridgehead atoms. The van der Waals surface area contributed by atoms with Gasteiger partial charge in [-0.2, -0.15) is 0 Å². The Morgan fingerprint density at radius 1 is 0.857 bits per heavy atom. The van der Waals surface area contributed by atoms with Crippen LogP contribution in [0.1, 0.15) is 53.2 Å². The van der Waals surface area contributed by atoms with E-state index in [0.717, 1.165) is 47.9 Å². The first-order valence-corrected chi connectivity index (χ1v) is 12.2. The number of aryl methyl sites for hydroxylation is 1. The van der Waals surface area contributed by atoms with Crippen molar-refractivity contribution in [2.45, 2.75) is 51.6 Å². The Morgan fingerprint density at radius 2 is 1.46 bits per heavy atom. The van der Waals surface area contributed by atoms with Crippen LogP contribution in [0.25, 0.3) is 0 Å². The van der Waals surface area contributed by atoms with E-state index in [2.05, 4.69) is 24.3 Å². The van der Waals surface area contributed by atoms with E-state index in [1.54, 1.807) is 14.2 Å². The van der Waals surface area contributed by atoms with Crippen LogP contribution in [0.2, 0.25) is 0 Å². The lowest BCUT2D eigenvalue weighted by molar-refractivity contribution is -0.136. The van der Waals surface area contributed by atoms with Gasteiger partial charge in [0.1, 0.15) is 11.5 Å². The zero-order valence-electron chi connectivity index (χ0n) is 20.9. The molecule has 3 rings (SSSR count). The Hall–Kier alpha value is -3.31. The predicted molar refractivity (Wildman–Crippen MR) is 138 cm³/mol. The number of aliphatic hydroxyl groups is 1. The van der Waals surface area contributed by atoms with E-state index in [4.69, 9.17) is 14.6 Å². The minimum atomic E-state index is -0.841. The van der Waals surface area contributed by atoms with Crippen LogP contribution in [-0.4, -0.2) is 30.4 Å². The van der Waals surface area contributed by atoms with Gasteiger partial charge in [0.05, 0.1) is 26.7 Å². The number of carbonyl (C=O) groups is 1. The van der Waals surface area contributed by atoms with Gasteiger partial charge in [-0.05, 0) is 72.9 Å². The number of carboxylic acids is 1. The summed E-state index contributed by atoms with van der Waals surface area (Å²) in [4.78, 5) is 11.0. The lowest BCUT2D eigenvalue weighted by atomic mass is 9.85. The van der Waals surface area contributed by atoms with Gasteiger partial charge in [-0.3, -0.25) is 4.79 Å². The molecule has 0 aliphatic carbocycles. The number of hydrogen-bond donors (Lipinski definition) is 2. The number of carboxylic acid groups (broad SMARTS) is 1. The Morgan fingerprint density at radius 3 is 2.03 bits per heavy atom. The molecule has 3 aromatic carbocycles. The van der Waals surface area contributed by atoms with E-state index in [1.807, 2.05) is 49.4 Å². The van der Waals surface area contributed by atoms with Crippen molar-refractivity contribution in [2.75, 3.05) is 14.2 Å². The third-order valence-electron chi connectivity index (χ3n) is 6.57. The molecule has 3 aromatic rings. The first kappa shape index (κ1) is 26.3. The summed E-state index contributed by atoms with van der Waals surface area (Å²) in [5.41, 5.74) is 4.86. The number of rotatable bonds is 13. The molecule has 0 aliphatic rings. The van der Waals surface area contributed by atoms with E-state index in [0.29, 0.717) is 17.9 Å². The summed E-state index contributed by atoms with van der Waals surface area (Å²) in [5.74, 6) is 0.540. The van der Waals surface area contributed by atoms with Crippen molar-refractivity contribution in [3.05, 3.63) is 94.5 Å². The molecule has 5 heteroatoms. The van der Waals surface area contributed by atoms with Crippen LogP contribution in [0.3, 0.4) is 0 Å². The minimum Gasteiger partial charge on any atom is -0.496 e. The van der Waals surface area contributed by atoms with Gasteiger partial charge < -0.3 is 19.7 Å². The van der Waals surface area contributed by atoms with E-state index < -0.39 is 12.1 Å². The third-order valence-corrected chi connectivity index (χ3v) is 6.57. The van der Waals surface area contributed by atoms with Crippen LogP contribution in [0.5, 0.6) is 11.5 Å². The lowest BCUT2D eigenvalue weighted by Gasteiger charge is -2.25. The maximum atomic E-state index is 11.5. The molecule has 2 unspecified atom stereocenters. The molecule has 186 valence electrons. The van der Waals surface area contributed by atoms with Crippen LogP contribution in [0.4, 0.5) is 0 Å². The number of aliphatic carboxylic acids is 1. The fraction of sp³-hybridized carbons (Fsp3) is 0.367. The normalized spacial score (nSPS) is 12.7. The largest absolute Gasteiger partial charge is 0.496 e. The van der Waals surface area contributed by atoms with E-state index in [9.17, 15) is 9.90 Å². The van der Waals surface area contributed by atoms with Crippen LogP contribution in [0, 0.1) is 12.8 Å². The first-order chi connectivity index (χ1) is 16.9. The van der Waals surface area contributed by atoms with Crippen molar-refractivity contribution in [1.29, 1.82) is 0 Å². The van der Waals surface area contributed by atoms with Crippen molar-refractivity contribution < 1.29 is 24.5 Å². The molecule has 2 N–H and O–H groups in total. The highest BCUT2D eigenvalue weighted by atomic mass is 16.5. The number of benzene rings is 3. The smallest absolute Gasteiger partial charge is 0.307 e. The van der Waals surface area contributed by atoms with Gasteiger partial charge in [-0.1, -0.05) is 61.0 Å². The molecule has 0 saturated carbocycles. The first-order valence-electron chi connectivity index (χ1n) is 12.2. The van der Waals surface area contributed by atoms with Gasteiger partial charge in [0.2, 0.25) is 0 Å². The fourth-order valence-electron chi connectivity index (χ4n) is 4.57. The Bertz CT molecular complexity index is 1050. The summed E-state index contributed by atoms with van der Waals surface area (Å²) in [7, 11) is 3.25. The molecule has 0 amide bonds. The van der Waals surface area contributed by atoms with Crippen molar-refractivity contribution in [1.82, 2.24) is 0 Å². The van der Waals surface area contributed by atoms with Gasteiger partial charge in [0.25, 0.3) is 0 Å². The second kappa shape index (κ2) is 13.0. The average Bonchev–Trinajstić information content (AvgIpc) is 2.87. The number of unbranched alkanes of at least 4 members (excludes halogenated alkanes) is 1. The monoisotopic (exact) mass is 476 g/mol. The molecular formula is C30H36O5. The summed E-state index contributed by atoms with van der Waals surface area (Å²) in [5, 5.41) is 20.5. The molecule has 2 atom stereocenters. The van der Waals surface area contributed by atoms with E-state index in [1.165, 1.54) is 5.56 Å². The molecule has 0 heterocycles. The maximum Gasteiger partial charge on any atom is 0.307 e. The summed E-state index contributed by atoms with van der Waals surface area (Å²) in [6.45, 7) is 1.94. The summed E-state index contributed by atoms with van der Waals surface area (Å²) >= 11 is 0. The molecule has 35 heavy (non-hydrogen) atoms. The SMILES string of the molecule is COc1cc(C(O)C(CCCCc2ccccc2)Cc2ccc(CC(=O)O)cc2)cc(OC)c1C. The maximum absolute atomic E-state index is 11.5. The molecular weight excluding hydrogens is 440 g/mol. The topological polar surface area (TPSA) is 76.0 Å². The second-order valence-electron chi connectivity index (χ2n) is 9.08. The standard InChI is InChI=1S/C30H36O5/c1-21-27(34-2)19-26(20-28(21)35-3)30(33)25(12-8-7-11-22-9-5-4-6-10-22)17-23-13-15-24(16-14-23)18-29(31)32/h4-6,9-10,13-16,19-20,25,30,33H,7-8,11-12,17-18H2,1-3H3,(H,31,32). The summed E-state index contributed by atoms with van der Waals surface area (Å²) < 4.78 is 11.1. The van der Waals surface area contributed by atoms with Crippen LogP contribution in [0.15, 0.2) is 66.7 Å². The second-order valence-corrected chi connectivity index (χ2v) is 9.08. The molecule has 5 nitrogen and oxygen atoms in total. The minimum absolute atomic E-state index is 0.00628. The predicted octanol–water partition coefficient (Wildman–Crippen LogP) is 5.94. The van der Waals surface area contributed by atoms with Crippen LogP contribution in [-0.2, 0) is 24.1 Å². The molecule has 0 saturated heterocycles. The molecule has 0 aromatic heterocycles. The zero-order chi connectivity index (χ0) is 25.2. The molecule has 0 aliphatic heterocycles.